The molecule has 1 aromatic carbocycles. The van der Waals surface area contributed by atoms with Crippen LogP contribution >= 0.6 is 0 Å². The van der Waals surface area contributed by atoms with Crippen molar-refractivity contribution in [2.45, 2.75) is 70.3 Å². The molecule has 150 valence electrons. The summed E-state index contributed by atoms with van der Waals surface area (Å²) in [5, 5.41) is 3.66. The molecule has 0 amide bonds. The van der Waals surface area contributed by atoms with E-state index >= 15 is 0 Å². The third-order valence-electron chi connectivity index (χ3n) is 8.27. The van der Waals surface area contributed by atoms with E-state index in [9.17, 15) is 0 Å². The van der Waals surface area contributed by atoms with Crippen LogP contribution in [0.2, 0.25) is 0 Å². The highest BCUT2D eigenvalue weighted by Crippen LogP contribution is 2.59. The van der Waals surface area contributed by atoms with Gasteiger partial charge in [0.25, 0.3) is 0 Å². The van der Waals surface area contributed by atoms with Crippen molar-refractivity contribution in [3.63, 3.8) is 0 Å². The van der Waals surface area contributed by atoms with Gasteiger partial charge in [-0.05, 0) is 41.4 Å². The molecule has 4 atom stereocenters. The van der Waals surface area contributed by atoms with E-state index in [-0.39, 0.29) is 16.2 Å². The molecule has 0 spiro atoms. The fourth-order valence-electron chi connectivity index (χ4n) is 6.27. The lowest BCUT2D eigenvalue weighted by Gasteiger charge is -2.55. The zero-order valence-corrected chi connectivity index (χ0v) is 18.2. The molecular formula is C26H36N2. The van der Waals surface area contributed by atoms with E-state index < -0.39 is 0 Å². The summed E-state index contributed by atoms with van der Waals surface area (Å²) in [4.78, 5) is 3.82. The number of H-pyrrole nitrogens is 1. The highest BCUT2D eigenvalue weighted by atomic mass is 14.9. The molecule has 1 saturated carbocycles. The number of fused-ring (bicyclic) bond motifs is 2. The van der Waals surface area contributed by atoms with E-state index in [2.05, 4.69) is 95.5 Å². The summed E-state index contributed by atoms with van der Waals surface area (Å²) in [6.07, 6.45) is 6.67. The molecular weight excluding hydrogens is 340 g/mol. The first kappa shape index (κ1) is 19.5. The molecule has 4 rings (SSSR count). The molecule has 28 heavy (non-hydrogen) atoms. The van der Waals surface area contributed by atoms with Gasteiger partial charge >= 0.3 is 0 Å². The van der Waals surface area contributed by atoms with Crippen LogP contribution in [0.4, 0.5) is 0 Å². The molecule has 2 aliphatic carbocycles. The standard InChI is InChI=1S/C26H36N2/c1-9-24(3,4)22-21-19-16(12-11-13-18(19)28-22)25(5,6)17-14-15-26(7,10-2)23(27-8)20(17)21/h9-13,17,20,23,28H,1-2,8,14-15,27H2,3-7H3/t17-,20-,23+,26-/m0/s1. The van der Waals surface area contributed by atoms with Gasteiger partial charge in [0.05, 0.1) is 6.04 Å². The SMILES string of the molecule is C=CC(C)(C)c1[nH]c2cccc3c2c1[C@H]1[C@@H]([NH2+][CH2-])[C@@](C)(C=C)CC[C@@H]1C3(C)C. The van der Waals surface area contributed by atoms with Gasteiger partial charge in [0.1, 0.15) is 0 Å². The lowest BCUT2D eigenvalue weighted by molar-refractivity contribution is -0.654. The summed E-state index contributed by atoms with van der Waals surface area (Å²) >= 11 is 0. The number of aromatic amines is 1. The average Bonchev–Trinajstić information content (AvgIpc) is 3.06. The molecule has 2 nitrogen and oxygen atoms in total. The summed E-state index contributed by atoms with van der Waals surface area (Å²) in [5.41, 5.74) is 5.72. The van der Waals surface area contributed by atoms with Crippen LogP contribution < -0.4 is 5.32 Å². The Hall–Kier alpha value is -1.80. The Morgan fingerprint density at radius 2 is 1.96 bits per heavy atom. The highest BCUT2D eigenvalue weighted by molar-refractivity contribution is 5.91. The Labute approximate surface area is 170 Å². The van der Waals surface area contributed by atoms with E-state index in [1.165, 1.54) is 40.6 Å². The summed E-state index contributed by atoms with van der Waals surface area (Å²) in [6.45, 7) is 20.2. The lowest BCUT2D eigenvalue weighted by atomic mass is 9.50. The Morgan fingerprint density at radius 3 is 2.57 bits per heavy atom. The fourth-order valence-corrected chi connectivity index (χ4v) is 6.27. The van der Waals surface area contributed by atoms with Crippen LogP contribution in [0, 0.1) is 18.4 Å². The van der Waals surface area contributed by atoms with Crippen molar-refractivity contribution < 1.29 is 5.32 Å². The minimum atomic E-state index is -0.106. The minimum Gasteiger partial charge on any atom is -0.475 e. The second-order valence-corrected chi connectivity index (χ2v) is 10.4. The second-order valence-electron chi connectivity index (χ2n) is 10.4. The number of allylic oxidation sites excluding steroid dienone is 1. The van der Waals surface area contributed by atoms with Gasteiger partial charge in [-0.3, -0.25) is 0 Å². The molecule has 0 saturated heterocycles. The zero-order valence-electron chi connectivity index (χ0n) is 18.2. The first-order valence-corrected chi connectivity index (χ1v) is 10.7. The van der Waals surface area contributed by atoms with Crippen molar-refractivity contribution in [1.29, 1.82) is 0 Å². The van der Waals surface area contributed by atoms with Crippen LogP contribution in [0.1, 0.15) is 70.2 Å². The monoisotopic (exact) mass is 376 g/mol. The van der Waals surface area contributed by atoms with Gasteiger partial charge in [0, 0.05) is 33.3 Å². The van der Waals surface area contributed by atoms with Crippen molar-refractivity contribution in [2.75, 3.05) is 0 Å². The highest BCUT2D eigenvalue weighted by Gasteiger charge is 2.55. The van der Waals surface area contributed by atoms with Crippen LogP contribution in [-0.2, 0) is 10.8 Å². The summed E-state index contributed by atoms with van der Waals surface area (Å²) in [5.74, 6) is 1.04. The molecule has 1 fully saturated rings. The number of hydrogen-bond donors (Lipinski definition) is 2. The van der Waals surface area contributed by atoms with Gasteiger partial charge in [0.2, 0.25) is 0 Å². The molecule has 3 N–H and O–H groups in total. The van der Waals surface area contributed by atoms with Gasteiger partial charge in [-0.25, -0.2) is 0 Å². The molecule has 0 radical (unpaired) electrons. The quantitative estimate of drug-likeness (QED) is 0.534. The molecule has 2 aromatic rings. The van der Waals surface area contributed by atoms with Crippen LogP contribution in [0.3, 0.4) is 0 Å². The number of nitrogens with two attached hydrogens (primary N) is 1. The van der Waals surface area contributed by atoms with Gasteiger partial charge in [-0.1, -0.05) is 58.9 Å². The second kappa shape index (κ2) is 6.10. The van der Waals surface area contributed by atoms with Gasteiger partial charge in [-0.2, -0.15) is 7.05 Å². The Kier molecular flexibility index (Phi) is 4.25. The number of quaternary nitrogens is 1. The first-order valence-electron chi connectivity index (χ1n) is 10.7. The van der Waals surface area contributed by atoms with Crippen molar-refractivity contribution >= 4 is 10.9 Å². The van der Waals surface area contributed by atoms with Crippen LogP contribution in [0.5, 0.6) is 0 Å². The molecule has 2 aliphatic rings. The predicted molar refractivity (Wildman–Crippen MR) is 119 cm³/mol. The van der Waals surface area contributed by atoms with Crippen LogP contribution in [0.25, 0.3) is 10.9 Å². The van der Waals surface area contributed by atoms with Gasteiger partial charge in [-0.15, -0.1) is 13.2 Å². The third-order valence-corrected chi connectivity index (χ3v) is 8.27. The van der Waals surface area contributed by atoms with Crippen molar-refractivity contribution in [3.05, 3.63) is 67.4 Å². The topological polar surface area (TPSA) is 32.4 Å². The van der Waals surface area contributed by atoms with E-state index in [1.54, 1.807) is 0 Å². The van der Waals surface area contributed by atoms with E-state index in [4.69, 9.17) is 0 Å². The van der Waals surface area contributed by atoms with Gasteiger partial charge in [0.15, 0.2) is 0 Å². The van der Waals surface area contributed by atoms with E-state index in [0.717, 1.165) is 0 Å². The molecule has 0 unspecified atom stereocenters. The number of aromatic nitrogens is 1. The number of benzene rings is 1. The Morgan fingerprint density at radius 1 is 1.25 bits per heavy atom. The maximum Gasteiger partial charge on any atom is 0.0782 e. The molecule has 0 aliphatic heterocycles. The van der Waals surface area contributed by atoms with Crippen LogP contribution in [-0.4, -0.2) is 11.0 Å². The summed E-state index contributed by atoms with van der Waals surface area (Å²) < 4.78 is 0. The molecule has 0 bridgehead atoms. The Bertz CT molecular complexity index is 945. The maximum absolute atomic E-state index is 4.30. The maximum atomic E-state index is 4.30. The lowest BCUT2D eigenvalue weighted by Crippen LogP contribution is -2.90. The molecule has 2 heteroatoms. The van der Waals surface area contributed by atoms with Crippen molar-refractivity contribution in [2.24, 2.45) is 11.3 Å². The number of nitrogens with one attached hydrogen (secondary N) is 1. The van der Waals surface area contributed by atoms with E-state index in [1.807, 2.05) is 0 Å². The third kappa shape index (κ3) is 2.37. The van der Waals surface area contributed by atoms with Crippen molar-refractivity contribution in [3.8, 4) is 0 Å². The largest absolute Gasteiger partial charge is 0.475 e. The fraction of sp³-hybridized carbons (Fsp3) is 0.500. The predicted octanol–water partition coefficient (Wildman–Crippen LogP) is 5.33. The Balaban J connectivity index is 2.11. The number of rotatable bonds is 4. The van der Waals surface area contributed by atoms with Crippen molar-refractivity contribution in [1.82, 2.24) is 4.98 Å². The molecule has 1 heterocycles. The summed E-state index contributed by atoms with van der Waals surface area (Å²) in [6, 6.07) is 7.19. The van der Waals surface area contributed by atoms with Crippen LogP contribution in [0.15, 0.2) is 43.5 Å². The minimum absolute atomic E-state index is 0.0878. The zero-order chi connectivity index (χ0) is 20.5. The normalized spacial score (nSPS) is 31.4. The smallest absolute Gasteiger partial charge is 0.0782 e. The summed E-state index contributed by atoms with van der Waals surface area (Å²) in [7, 11) is 4.30. The average molecular weight is 377 g/mol. The molecule has 1 aromatic heterocycles. The van der Waals surface area contributed by atoms with Gasteiger partial charge < -0.3 is 10.3 Å². The number of hydrogen-bond acceptors (Lipinski definition) is 0. The van der Waals surface area contributed by atoms with E-state index in [0.29, 0.717) is 17.9 Å². The first-order chi connectivity index (χ1) is 13.1.